The zero-order valence-corrected chi connectivity index (χ0v) is 64.0. The molecule has 44 heteroatoms. The van der Waals surface area contributed by atoms with Crippen molar-refractivity contribution in [3.05, 3.63) is 72.0 Å². The number of rotatable bonds is 58. The van der Waals surface area contributed by atoms with Crippen molar-refractivity contribution in [2.45, 2.75) is 63.5 Å². The van der Waals surface area contributed by atoms with E-state index in [2.05, 4.69) is 78.8 Å². The Hall–Kier alpha value is -10.8. The van der Waals surface area contributed by atoms with Crippen LogP contribution < -0.4 is 86.7 Å². The summed E-state index contributed by atoms with van der Waals surface area (Å²) in [4.78, 5) is 155. The molecule has 5 aromatic heterocycles. The predicted molar refractivity (Wildman–Crippen MR) is 407 cm³/mol. The average molecular weight is 1580 g/mol. The smallest absolute Gasteiger partial charge is 0.291 e. The molecule has 0 bridgehead atoms. The van der Waals surface area contributed by atoms with Crippen molar-refractivity contribution >= 4 is 99.8 Å². The molecule has 5 heterocycles. The highest BCUT2D eigenvalue weighted by molar-refractivity contribution is 6.05. The Morgan fingerprint density at radius 1 is 0.384 bits per heavy atom. The molecule has 112 heavy (non-hydrogen) atoms. The number of aryl methyl sites for hydroxylation is 5. The molecule has 0 aliphatic rings. The number of nitrogens with one attached hydrogen (secondary N) is 13. The Morgan fingerprint density at radius 2 is 0.750 bits per heavy atom. The van der Waals surface area contributed by atoms with E-state index < -0.39 is 77.1 Å². The van der Waals surface area contributed by atoms with Crippen LogP contribution in [-0.2, 0) is 102 Å². The summed E-state index contributed by atoms with van der Waals surface area (Å²) in [5.74, 6) is -6.16. The van der Waals surface area contributed by atoms with Crippen molar-refractivity contribution in [3.8, 4) is 0 Å². The number of nitrogens with two attached hydrogens (primary N) is 4. The number of hydrogen-bond donors (Lipinski definition) is 17. The number of amides is 11. The lowest BCUT2D eigenvalue weighted by atomic mass is 10.1. The van der Waals surface area contributed by atoms with E-state index in [1.165, 1.54) is 80.0 Å². The molecular formula is C68H109N25O19. The molecule has 5 aromatic rings. The molecule has 5 rings (SSSR count). The second kappa shape index (κ2) is 51.6. The van der Waals surface area contributed by atoms with Crippen molar-refractivity contribution in [1.82, 2.24) is 75.0 Å². The molecule has 620 valence electrons. The van der Waals surface area contributed by atoms with E-state index in [0.29, 0.717) is 125 Å². The molecule has 21 N–H and O–H groups in total. The van der Waals surface area contributed by atoms with E-state index in [0.717, 1.165) is 0 Å². The highest BCUT2D eigenvalue weighted by Gasteiger charge is 2.26. The molecule has 0 aliphatic carbocycles. The van der Waals surface area contributed by atoms with Crippen LogP contribution in [0.5, 0.6) is 0 Å². The van der Waals surface area contributed by atoms with Crippen LogP contribution in [-0.4, -0.2) is 279 Å². The number of ether oxygens (including phenoxy) is 8. The van der Waals surface area contributed by atoms with Gasteiger partial charge in [0.1, 0.15) is 17.4 Å². The quantitative estimate of drug-likeness (QED) is 0.0101. The fraction of sp³-hybridized carbons (Fsp3) is 0.574. The number of guanidine groups is 1. The first-order valence-electron chi connectivity index (χ1n) is 36.4. The summed E-state index contributed by atoms with van der Waals surface area (Å²) in [6, 6.07) is 0.985. The van der Waals surface area contributed by atoms with E-state index in [1.54, 1.807) is 21.1 Å². The first-order chi connectivity index (χ1) is 53.8. The molecule has 44 nitrogen and oxygen atoms in total. The maximum Gasteiger partial charge on any atom is 0.291 e. The largest absolute Gasteiger partial charge is 0.378 e. The molecule has 0 spiro atoms. The van der Waals surface area contributed by atoms with Crippen LogP contribution in [0.3, 0.4) is 0 Å². The first kappa shape index (κ1) is 91.8. The third-order valence-corrected chi connectivity index (χ3v) is 15.7. The number of aromatic nitrogens is 8. The van der Waals surface area contributed by atoms with Crippen molar-refractivity contribution in [1.29, 1.82) is 5.41 Å². The van der Waals surface area contributed by atoms with Crippen LogP contribution in [0.1, 0.15) is 104 Å². The summed E-state index contributed by atoms with van der Waals surface area (Å²) in [5, 5.41) is 38.8. The summed E-state index contributed by atoms with van der Waals surface area (Å²) >= 11 is 0. The molecule has 0 aromatic carbocycles. The van der Waals surface area contributed by atoms with Gasteiger partial charge < -0.3 is 147 Å². The minimum absolute atomic E-state index is 0.0401. The number of carbonyl (C=O) groups is 11. The molecule has 0 saturated heterocycles. The van der Waals surface area contributed by atoms with Gasteiger partial charge in [0.05, 0.1) is 123 Å². The van der Waals surface area contributed by atoms with Gasteiger partial charge in [-0.25, -0.2) is 15.0 Å². The van der Waals surface area contributed by atoms with Gasteiger partial charge in [0.25, 0.3) is 29.5 Å². The summed E-state index contributed by atoms with van der Waals surface area (Å²) in [6.45, 7) is 7.73. The van der Waals surface area contributed by atoms with Gasteiger partial charge in [-0.15, -0.1) is 0 Å². The van der Waals surface area contributed by atoms with Gasteiger partial charge in [-0.3, -0.25) is 58.1 Å². The van der Waals surface area contributed by atoms with Gasteiger partial charge in [-0.2, -0.15) is 0 Å². The maximum atomic E-state index is 13.4. The zero-order chi connectivity index (χ0) is 81.6. The fourth-order valence-corrected chi connectivity index (χ4v) is 10.1. The van der Waals surface area contributed by atoms with Crippen LogP contribution in [0.2, 0.25) is 0 Å². The van der Waals surface area contributed by atoms with Crippen molar-refractivity contribution in [2.24, 2.45) is 58.2 Å². The Balaban J connectivity index is 0.900. The Kier molecular flexibility index (Phi) is 42.3. The second-order valence-corrected chi connectivity index (χ2v) is 24.9. The van der Waals surface area contributed by atoms with E-state index >= 15 is 0 Å². The predicted octanol–water partition coefficient (Wildman–Crippen LogP) is -3.83. The summed E-state index contributed by atoms with van der Waals surface area (Å²) in [7, 11) is 7.82. The maximum absolute atomic E-state index is 13.4. The highest BCUT2D eigenvalue weighted by Crippen LogP contribution is 2.18. The standard InChI is InChI=1S/C68H109N25O19/c1-89-41-46(39-49(89)63(100)76-19-12-56(96)83-51-42-91(3)58(86-51)65(102)78-21-23-106-25-27-108-29-31-110-33-35-112-37-36-111-34-32-109-30-28-107-26-24-105-22-15-70)81-67(104)60-88-53(44-93(60)5)85-57(97)13-20-77-64(101)50-38-45(40-90(50)2)80-66(103)59-87-52(43-92(59)4)84-55(95)11-17-74-54(94)10-18-75-62(99)48(9-6-14-69)82-61(98)47(71)8-7-16-79-68(72)73/h38-44,47-48H,6-37,69-71H2,1-5H3,(H,74,94)(H,75,99)(H,76,100)(H,77,101)(H,78,102)(H,80,103)(H,81,104)(H,82,98)(H,83,96)(H,84,95)(H,85,97)(H4,72,73,79)/t47-,48-/m0/s1. The Labute approximate surface area is 646 Å². The van der Waals surface area contributed by atoms with Crippen LogP contribution in [0.25, 0.3) is 0 Å². The Bertz CT molecular complexity index is 3830. The topological polar surface area (TPSA) is 597 Å². The van der Waals surface area contributed by atoms with Crippen LogP contribution in [0.15, 0.2) is 43.1 Å². The van der Waals surface area contributed by atoms with Crippen molar-refractivity contribution in [2.75, 3.05) is 185 Å². The van der Waals surface area contributed by atoms with Crippen LogP contribution in [0, 0.1) is 5.41 Å². The molecular weight excluding hydrogens is 1470 g/mol. The van der Waals surface area contributed by atoms with Crippen LogP contribution >= 0.6 is 0 Å². The molecule has 2 atom stereocenters. The number of anilines is 5. The number of imidazole rings is 3. The van der Waals surface area contributed by atoms with Gasteiger partial charge in [-0.05, 0) is 44.4 Å². The van der Waals surface area contributed by atoms with E-state index in [4.69, 9.17) is 66.2 Å². The van der Waals surface area contributed by atoms with Gasteiger partial charge in [0, 0.05) is 138 Å². The molecule has 0 saturated carbocycles. The summed E-state index contributed by atoms with van der Waals surface area (Å²) < 4.78 is 50.7. The summed E-state index contributed by atoms with van der Waals surface area (Å²) in [6.07, 6.45) is 8.05. The second-order valence-electron chi connectivity index (χ2n) is 24.9. The van der Waals surface area contributed by atoms with Crippen LogP contribution in [0.4, 0.5) is 28.8 Å². The first-order valence-corrected chi connectivity index (χ1v) is 36.4. The van der Waals surface area contributed by atoms with E-state index in [9.17, 15) is 52.7 Å². The van der Waals surface area contributed by atoms with E-state index in [-0.39, 0.29) is 148 Å². The number of nitrogens with zero attached hydrogens (tertiary/aromatic N) is 8. The normalized spacial score (nSPS) is 11.6. The zero-order valence-electron chi connectivity index (χ0n) is 64.0. The van der Waals surface area contributed by atoms with Crippen molar-refractivity contribution < 1.29 is 90.6 Å². The minimum atomic E-state index is -0.938. The minimum Gasteiger partial charge on any atom is -0.378 e. The molecule has 0 unspecified atom stereocenters. The lowest BCUT2D eigenvalue weighted by molar-refractivity contribution is -0.130. The highest BCUT2D eigenvalue weighted by atomic mass is 16.6. The third-order valence-electron chi connectivity index (χ3n) is 15.7. The molecule has 0 radical (unpaired) electrons. The molecule has 11 amide bonds. The summed E-state index contributed by atoms with van der Waals surface area (Å²) in [5.41, 5.74) is 23.0. The van der Waals surface area contributed by atoms with Gasteiger partial charge >= 0.3 is 0 Å². The average Bonchev–Trinajstić information content (AvgIpc) is 1.69. The number of carbonyl (C=O) groups excluding carboxylic acids is 11. The van der Waals surface area contributed by atoms with Gasteiger partial charge in [-0.1, -0.05) is 0 Å². The van der Waals surface area contributed by atoms with Gasteiger partial charge in [0.15, 0.2) is 23.4 Å². The molecule has 0 aliphatic heterocycles. The lowest BCUT2D eigenvalue weighted by Crippen LogP contribution is -2.52. The number of hydrogen-bond acceptors (Lipinski definition) is 26. The fourth-order valence-electron chi connectivity index (χ4n) is 10.1. The lowest BCUT2D eigenvalue weighted by Gasteiger charge is -2.20. The van der Waals surface area contributed by atoms with E-state index in [1.807, 2.05) is 0 Å². The Morgan fingerprint density at radius 3 is 1.15 bits per heavy atom. The van der Waals surface area contributed by atoms with Crippen molar-refractivity contribution in [3.63, 3.8) is 0 Å². The SMILES string of the molecule is Cn1cc(NC(=O)c2nc(NC(=O)CCNC(=O)c3cc(NC(=O)c4nc(NC(=O)CCNC(=O)CCNC(=O)[C@H](CCCN)NC(=O)[C@@H](N)CCCNC(=N)N)cn4C)cn3C)cn2C)cc1C(=O)NCCC(=O)Nc1cn(C)c(C(=O)NCCOCCOCCOCCOCCOCCOCCOCCOCCN)n1. The third kappa shape index (κ3) is 35.5. The van der Waals surface area contributed by atoms with Gasteiger partial charge in [0.2, 0.25) is 52.9 Å². The molecule has 0 fully saturated rings. The monoisotopic (exact) mass is 1580 g/mol.